The summed E-state index contributed by atoms with van der Waals surface area (Å²) in [5.41, 5.74) is 1.35. The normalized spacial score (nSPS) is 14.6. The molecule has 2 nitrogen and oxygen atoms in total. The Kier molecular flexibility index (Phi) is 4.16. The van der Waals surface area contributed by atoms with E-state index >= 15 is 0 Å². The Hall–Kier alpha value is -0.190. The van der Waals surface area contributed by atoms with E-state index in [2.05, 4.69) is 6.07 Å². The number of hydrogen-bond acceptors (Lipinski definition) is 3. The van der Waals surface area contributed by atoms with Crippen molar-refractivity contribution in [2.24, 2.45) is 0 Å². The maximum atomic E-state index is 12.0. The fourth-order valence-electron chi connectivity index (χ4n) is 1.67. The lowest BCUT2D eigenvalue weighted by Crippen LogP contribution is -2.27. The topological polar surface area (TPSA) is 20.3 Å². The molecular weight excluding hydrogens is 262 g/mol. The minimum Gasteiger partial charge on any atom is -0.340 e. The number of nitrogens with zero attached hydrogens (tertiary/aromatic N) is 1. The van der Waals surface area contributed by atoms with E-state index in [9.17, 15) is 4.79 Å². The maximum Gasteiger partial charge on any atom is 0.263 e. The predicted molar refractivity (Wildman–Crippen MR) is 71.9 cm³/mol. The largest absolute Gasteiger partial charge is 0.340 e. The van der Waals surface area contributed by atoms with E-state index in [4.69, 9.17) is 11.6 Å². The Morgan fingerprint density at radius 3 is 3.12 bits per heavy atom. The van der Waals surface area contributed by atoms with Crippen LogP contribution in [-0.4, -0.2) is 36.0 Å². The standard InChI is InChI=1S/C11H14ClNOS2/c1-13(4-3-12)11(14)10-6-8-7-15-5-2-9(8)16-10/h6H,2-5,7H2,1H3. The summed E-state index contributed by atoms with van der Waals surface area (Å²) in [5, 5.41) is 0. The van der Waals surface area contributed by atoms with Gasteiger partial charge in [0.15, 0.2) is 0 Å². The molecule has 1 amide bonds. The lowest BCUT2D eigenvalue weighted by Gasteiger charge is -2.13. The third kappa shape index (κ3) is 2.55. The summed E-state index contributed by atoms with van der Waals surface area (Å²) in [7, 11) is 1.80. The van der Waals surface area contributed by atoms with Gasteiger partial charge in [-0.15, -0.1) is 22.9 Å². The number of aryl methyl sites for hydroxylation is 1. The lowest BCUT2D eigenvalue weighted by atomic mass is 10.2. The molecular formula is C11H14ClNOS2. The van der Waals surface area contributed by atoms with E-state index in [1.54, 1.807) is 23.3 Å². The number of fused-ring (bicyclic) bond motifs is 1. The van der Waals surface area contributed by atoms with E-state index in [0.717, 1.165) is 17.1 Å². The highest BCUT2D eigenvalue weighted by atomic mass is 35.5. The monoisotopic (exact) mass is 275 g/mol. The summed E-state index contributed by atoms with van der Waals surface area (Å²) in [4.78, 5) is 16.0. The van der Waals surface area contributed by atoms with Crippen molar-refractivity contribution >= 4 is 40.6 Å². The highest BCUT2D eigenvalue weighted by Crippen LogP contribution is 2.32. The van der Waals surface area contributed by atoms with Crippen LogP contribution in [0.25, 0.3) is 0 Å². The third-order valence-electron chi connectivity index (χ3n) is 2.61. The molecule has 1 aliphatic heterocycles. The first-order chi connectivity index (χ1) is 7.72. The molecule has 0 spiro atoms. The van der Waals surface area contributed by atoms with E-state index < -0.39 is 0 Å². The van der Waals surface area contributed by atoms with Crippen molar-refractivity contribution in [1.29, 1.82) is 0 Å². The first-order valence-corrected chi connectivity index (χ1v) is 7.73. The van der Waals surface area contributed by atoms with Crippen molar-refractivity contribution in [2.75, 3.05) is 25.2 Å². The molecule has 0 fully saturated rings. The van der Waals surface area contributed by atoms with Gasteiger partial charge in [0.25, 0.3) is 5.91 Å². The number of alkyl halides is 1. The van der Waals surface area contributed by atoms with Gasteiger partial charge >= 0.3 is 0 Å². The molecule has 2 rings (SSSR count). The van der Waals surface area contributed by atoms with Crippen molar-refractivity contribution in [3.8, 4) is 0 Å². The average molecular weight is 276 g/mol. The van der Waals surface area contributed by atoms with Crippen molar-refractivity contribution in [3.05, 3.63) is 21.4 Å². The SMILES string of the molecule is CN(CCCl)C(=O)c1cc2c(s1)CCSC2. The molecule has 88 valence electrons. The number of thiophene rings is 1. The number of amides is 1. The molecule has 0 aliphatic carbocycles. The molecule has 5 heteroatoms. The maximum absolute atomic E-state index is 12.0. The molecule has 0 atom stereocenters. The predicted octanol–water partition coefficient (Wildman–Crippen LogP) is 2.85. The van der Waals surface area contributed by atoms with E-state index in [-0.39, 0.29) is 5.91 Å². The lowest BCUT2D eigenvalue weighted by molar-refractivity contribution is 0.0808. The molecule has 0 saturated heterocycles. The Morgan fingerprint density at radius 1 is 1.62 bits per heavy atom. The van der Waals surface area contributed by atoms with Gasteiger partial charge in [-0.3, -0.25) is 4.79 Å². The third-order valence-corrected chi connectivity index (χ3v) is 5.01. The quantitative estimate of drug-likeness (QED) is 0.791. The van der Waals surface area contributed by atoms with Crippen LogP contribution in [0.2, 0.25) is 0 Å². The zero-order valence-electron chi connectivity index (χ0n) is 9.16. The van der Waals surface area contributed by atoms with Gasteiger partial charge in [0.2, 0.25) is 0 Å². The Balaban J connectivity index is 2.14. The molecule has 1 aromatic heterocycles. The summed E-state index contributed by atoms with van der Waals surface area (Å²) in [6, 6.07) is 2.05. The van der Waals surface area contributed by atoms with Crippen LogP contribution in [-0.2, 0) is 12.2 Å². The summed E-state index contributed by atoms with van der Waals surface area (Å²) in [6.45, 7) is 0.609. The first kappa shape index (κ1) is 12.3. The summed E-state index contributed by atoms with van der Waals surface area (Å²) in [5.74, 6) is 2.82. The van der Waals surface area contributed by atoms with Gasteiger partial charge in [-0.1, -0.05) is 0 Å². The van der Waals surface area contributed by atoms with Crippen LogP contribution in [0, 0.1) is 0 Å². The molecule has 0 saturated carbocycles. The second kappa shape index (κ2) is 5.43. The van der Waals surface area contributed by atoms with Gasteiger partial charge in [0, 0.05) is 30.1 Å². The van der Waals surface area contributed by atoms with Gasteiger partial charge < -0.3 is 4.90 Å². The Labute approximate surface area is 109 Å². The van der Waals surface area contributed by atoms with Crippen LogP contribution in [0.5, 0.6) is 0 Å². The Bertz CT molecular complexity index is 368. The molecule has 0 aromatic carbocycles. The molecule has 0 unspecified atom stereocenters. The molecule has 16 heavy (non-hydrogen) atoms. The number of carbonyl (C=O) groups is 1. The van der Waals surface area contributed by atoms with Crippen molar-refractivity contribution < 1.29 is 4.79 Å². The number of halogens is 1. The summed E-state index contributed by atoms with van der Waals surface area (Å²) < 4.78 is 0. The molecule has 0 radical (unpaired) electrons. The average Bonchev–Trinajstić information content (AvgIpc) is 2.71. The first-order valence-electron chi connectivity index (χ1n) is 5.23. The van der Waals surface area contributed by atoms with Gasteiger partial charge in [0.05, 0.1) is 4.88 Å². The molecule has 0 bridgehead atoms. The van der Waals surface area contributed by atoms with Crippen molar-refractivity contribution in [3.63, 3.8) is 0 Å². The zero-order valence-corrected chi connectivity index (χ0v) is 11.6. The van der Waals surface area contributed by atoms with Crippen LogP contribution in [0.3, 0.4) is 0 Å². The van der Waals surface area contributed by atoms with E-state index in [0.29, 0.717) is 12.4 Å². The number of carbonyl (C=O) groups excluding carboxylic acids is 1. The number of hydrogen-bond donors (Lipinski definition) is 0. The summed E-state index contributed by atoms with van der Waals surface area (Å²) >= 11 is 9.23. The minimum absolute atomic E-state index is 0.102. The minimum atomic E-state index is 0.102. The molecule has 2 heterocycles. The van der Waals surface area contributed by atoms with Crippen LogP contribution in [0.4, 0.5) is 0 Å². The molecule has 1 aliphatic rings. The van der Waals surface area contributed by atoms with Crippen LogP contribution in [0.15, 0.2) is 6.07 Å². The van der Waals surface area contributed by atoms with E-state index in [1.807, 2.05) is 11.8 Å². The molecule has 1 aromatic rings. The van der Waals surface area contributed by atoms with Crippen LogP contribution in [0.1, 0.15) is 20.1 Å². The number of rotatable bonds is 3. The van der Waals surface area contributed by atoms with Crippen molar-refractivity contribution in [1.82, 2.24) is 4.90 Å². The Morgan fingerprint density at radius 2 is 2.44 bits per heavy atom. The second-order valence-corrected chi connectivity index (χ2v) is 6.40. The van der Waals surface area contributed by atoms with Crippen LogP contribution < -0.4 is 0 Å². The fraction of sp³-hybridized carbons (Fsp3) is 0.545. The van der Waals surface area contributed by atoms with Crippen molar-refractivity contribution in [2.45, 2.75) is 12.2 Å². The fourth-order valence-corrected chi connectivity index (χ4v) is 4.29. The zero-order chi connectivity index (χ0) is 11.5. The number of thioether (sulfide) groups is 1. The van der Waals surface area contributed by atoms with Gasteiger partial charge in [-0.2, -0.15) is 11.8 Å². The highest BCUT2D eigenvalue weighted by molar-refractivity contribution is 7.98. The second-order valence-electron chi connectivity index (χ2n) is 3.78. The van der Waals surface area contributed by atoms with Gasteiger partial charge in [-0.05, 0) is 23.8 Å². The van der Waals surface area contributed by atoms with Crippen LogP contribution >= 0.6 is 34.7 Å². The van der Waals surface area contributed by atoms with Gasteiger partial charge in [-0.25, -0.2) is 0 Å². The molecule has 0 N–H and O–H groups in total. The summed E-state index contributed by atoms with van der Waals surface area (Å²) in [6.07, 6.45) is 1.11. The van der Waals surface area contributed by atoms with Gasteiger partial charge in [0.1, 0.15) is 0 Å². The highest BCUT2D eigenvalue weighted by Gasteiger charge is 2.19. The smallest absolute Gasteiger partial charge is 0.263 e. The van der Waals surface area contributed by atoms with E-state index in [1.165, 1.54) is 16.2 Å².